The smallest absolute Gasteiger partial charge is 0.171 e. The van der Waals surface area contributed by atoms with Crippen molar-refractivity contribution in [3.8, 4) is 0 Å². The number of hydrogen-bond acceptors (Lipinski definition) is 0. The van der Waals surface area contributed by atoms with E-state index in [0.29, 0.717) is 0 Å². The molecule has 0 aliphatic heterocycles. The molecule has 2 aromatic rings. The van der Waals surface area contributed by atoms with E-state index in [1.165, 1.54) is 49.7 Å². The highest BCUT2D eigenvalue weighted by atomic mass is 79.9. The van der Waals surface area contributed by atoms with Crippen molar-refractivity contribution in [2.75, 3.05) is 0 Å². The van der Waals surface area contributed by atoms with Crippen molar-refractivity contribution in [2.24, 2.45) is 0 Å². The normalized spacial score (nSPS) is 10.8. The SMILES string of the molecule is Cc1ccc[n+](CCCCC=CC=CCCCC[n+]2cccc(C)c2)c1.[Br-].[Br-]. The van der Waals surface area contributed by atoms with Crippen LogP contribution in [0.4, 0.5) is 0 Å². The Kier molecular flexibility index (Phi) is 15.9. The second kappa shape index (κ2) is 16.7. The molecule has 154 valence electrons. The summed E-state index contributed by atoms with van der Waals surface area (Å²) in [7, 11) is 0. The summed E-state index contributed by atoms with van der Waals surface area (Å²) in [5, 5.41) is 0. The average Bonchev–Trinajstić information content (AvgIpc) is 2.63. The van der Waals surface area contributed by atoms with E-state index in [2.05, 4.69) is 96.3 Å². The van der Waals surface area contributed by atoms with Crippen LogP contribution in [0.15, 0.2) is 73.4 Å². The maximum Gasteiger partial charge on any atom is 0.171 e. The number of nitrogens with zero attached hydrogens (tertiary/aromatic N) is 2. The fourth-order valence-corrected chi connectivity index (χ4v) is 3.05. The number of pyridine rings is 2. The van der Waals surface area contributed by atoms with Gasteiger partial charge in [0, 0.05) is 36.1 Å². The molecule has 2 heterocycles. The summed E-state index contributed by atoms with van der Waals surface area (Å²) in [5.41, 5.74) is 2.66. The topological polar surface area (TPSA) is 7.76 Å². The van der Waals surface area contributed by atoms with Crippen LogP contribution >= 0.6 is 0 Å². The van der Waals surface area contributed by atoms with Gasteiger partial charge < -0.3 is 34.0 Å². The van der Waals surface area contributed by atoms with Crippen molar-refractivity contribution in [2.45, 2.75) is 65.5 Å². The van der Waals surface area contributed by atoms with Crippen LogP contribution in [0.5, 0.6) is 0 Å². The molecule has 2 rings (SSSR count). The zero-order chi connectivity index (χ0) is 18.5. The Morgan fingerprint density at radius 2 is 1.11 bits per heavy atom. The summed E-state index contributed by atoms with van der Waals surface area (Å²) in [5.74, 6) is 0. The largest absolute Gasteiger partial charge is 1.00 e. The van der Waals surface area contributed by atoms with Crippen LogP contribution in [0.1, 0.15) is 49.7 Å². The van der Waals surface area contributed by atoms with Crippen LogP contribution in [-0.2, 0) is 13.1 Å². The van der Waals surface area contributed by atoms with Gasteiger partial charge in [0.1, 0.15) is 13.1 Å². The lowest BCUT2D eigenvalue weighted by molar-refractivity contribution is -0.697. The molecule has 0 unspecified atom stereocenters. The lowest BCUT2D eigenvalue weighted by atomic mass is 10.2. The maximum atomic E-state index is 2.29. The van der Waals surface area contributed by atoms with Crippen molar-refractivity contribution in [3.05, 3.63) is 84.5 Å². The first-order valence-corrected chi connectivity index (χ1v) is 9.97. The molecule has 0 fully saturated rings. The van der Waals surface area contributed by atoms with E-state index in [0.717, 1.165) is 13.1 Å². The van der Waals surface area contributed by atoms with Gasteiger partial charge in [0.15, 0.2) is 24.8 Å². The third-order valence-corrected chi connectivity index (χ3v) is 4.47. The molecule has 2 nitrogen and oxygen atoms in total. The van der Waals surface area contributed by atoms with Gasteiger partial charge in [0.05, 0.1) is 0 Å². The first kappa shape index (κ1) is 26.7. The molecule has 0 aromatic carbocycles. The minimum atomic E-state index is 0. The van der Waals surface area contributed by atoms with Crippen molar-refractivity contribution in [1.29, 1.82) is 0 Å². The number of hydrogen-bond donors (Lipinski definition) is 0. The van der Waals surface area contributed by atoms with Gasteiger partial charge in [0.25, 0.3) is 0 Å². The second-order valence-corrected chi connectivity index (χ2v) is 7.09. The third kappa shape index (κ3) is 12.2. The van der Waals surface area contributed by atoms with E-state index >= 15 is 0 Å². The monoisotopic (exact) mass is 508 g/mol. The third-order valence-electron chi connectivity index (χ3n) is 4.47. The summed E-state index contributed by atoms with van der Waals surface area (Å²) in [6, 6.07) is 8.54. The van der Waals surface area contributed by atoms with Gasteiger partial charge in [0.2, 0.25) is 0 Å². The fourth-order valence-electron chi connectivity index (χ4n) is 3.05. The van der Waals surface area contributed by atoms with Crippen LogP contribution in [0.3, 0.4) is 0 Å². The molecule has 4 heteroatoms. The number of halogens is 2. The molecular formula is C24H34Br2N2. The molecule has 0 spiro atoms. The van der Waals surface area contributed by atoms with Crippen LogP contribution < -0.4 is 43.1 Å². The van der Waals surface area contributed by atoms with Crippen molar-refractivity contribution in [1.82, 2.24) is 0 Å². The van der Waals surface area contributed by atoms with Gasteiger partial charge in [-0.15, -0.1) is 0 Å². The Balaban J connectivity index is 0.00000364. The molecule has 0 N–H and O–H groups in total. The zero-order valence-electron chi connectivity index (χ0n) is 17.2. The van der Waals surface area contributed by atoms with Gasteiger partial charge in [-0.1, -0.05) is 24.3 Å². The summed E-state index contributed by atoms with van der Waals surface area (Å²) in [6.07, 6.45) is 25.0. The predicted molar refractivity (Wildman–Crippen MR) is 109 cm³/mol. The summed E-state index contributed by atoms with van der Waals surface area (Å²) in [4.78, 5) is 0. The lowest BCUT2D eigenvalue weighted by Gasteiger charge is -1.97. The molecule has 2 aromatic heterocycles. The second-order valence-electron chi connectivity index (χ2n) is 7.09. The van der Waals surface area contributed by atoms with Crippen LogP contribution in [0.25, 0.3) is 0 Å². The Morgan fingerprint density at radius 1 is 0.679 bits per heavy atom. The van der Waals surface area contributed by atoms with Gasteiger partial charge in [-0.05, 0) is 51.7 Å². The molecule has 0 radical (unpaired) electrons. The highest BCUT2D eigenvalue weighted by molar-refractivity contribution is 5.03. The van der Waals surface area contributed by atoms with Crippen molar-refractivity contribution < 1.29 is 43.1 Å². The van der Waals surface area contributed by atoms with Gasteiger partial charge in [-0.25, -0.2) is 9.13 Å². The Morgan fingerprint density at radius 3 is 1.50 bits per heavy atom. The zero-order valence-corrected chi connectivity index (χ0v) is 20.4. The highest BCUT2D eigenvalue weighted by Crippen LogP contribution is 2.00. The molecule has 0 saturated heterocycles. The molecule has 0 bridgehead atoms. The number of aromatic nitrogens is 2. The quantitative estimate of drug-likeness (QED) is 0.209. The van der Waals surface area contributed by atoms with E-state index in [1.807, 2.05) is 0 Å². The Bertz CT molecular complexity index is 650. The molecule has 0 amide bonds. The lowest BCUT2D eigenvalue weighted by Crippen LogP contribution is -3.00. The van der Waals surface area contributed by atoms with E-state index in [9.17, 15) is 0 Å². The minimum absolute atomic E-state index is 0. The predicted octanol–water partition coefficient (Wildman–Crippen LogP) is -0.960. The fraction of sp³-hybridized carbons (Fsp3) is 0.417. The van der Waals surface area contributed by atoms with E-state index in [1.54, 1.807) is 0 Å². The summed E-state index contributed by atoms with van der Waals surface area (Å²) >= 11 is 0. The number of aryl methyl sites for hydroxylation is 4. The number of rotatable bonds is 11. The maximum absolute atomic E-state index is 2.29. The standard InChI is InChI=1S/C24H34N2.2BrH/c1-23-15-13-19-25(21-23)17-11-9-7-5-3-4-6-8-10-12-18-26-20-14-16-24(2)22-26;;/h3-6,13-16,19-22H,7-12,17-18H2,1-2H3;2*1H/q+2;;/p-2. The van der Waals surface area contributed by atoms with Crippen LogP contribution in [0.2, 0.25) is 0 Å². The van der Waals surface area contributed by atoms with Gasteiger partial charge in [-0.3, -0.25) is 0 Å². The van der Waals surface area contributed by atoms with Crippen LogP contribution in [0, 0.1) is 13.8 Å². The minimum Gasteiger partial charge on any atom is -1.00 e. The molecular weight excluding hydrogens is 476 g/mol. The van der Waals surface area contributed by atoms with Crippen molar-refractivity contribution >= 4 is 0 Å². The first-order valence-electron chi connectivity index (χ1n) is 9.97. The van der Waals surface area contributed by atoms with E-state index in [4.69, 9.17) is 0 Å². The number of unbranched alkanes of at least 4 members (excludes halogenated alkanes) is 4. The van der Waals surface area contributed by atoms with Crippen LogP contribution in [-0.4, -0.2) is 0 Å². The summed E-state index contributed by atoms with van der Waals surface area (Å²) in [6.45, 7) is 6.52. The first-order chi connectivity index (χ1) is 12.7. The average molecular weight is 510 g/mol. The van der Waals surface area contributed by atoms with Crippen molar-refractivity contribution in [3.63, 3.8) is 0 Å². The molecule has 0 atom stereocenters. The molecule has 0 aliphatic carbocycles. The van der Waals surface area contributed by atoms with E-state index < -0.39 is 0 Å². The van der Waals surface area contributed by atoms with E-state index in [-0.39, 0.29) is 34.0 Å². The molecule has 0 aliphatic rings. The summed E-state index contributed by atoms with van der Waals surface area (Å²) < 4.78 is 4.57. The molecule has 28 heavy (non-hydrogen) atoms. The van der Waals surface area contributed by atoms with Gasteiger partial charge >= 0.3 is 0 Å². The highest BCUT2D eigenvalue weighted by Gasteiger charge is 1.99. The molecule has 0 saturated carbocycles. The Hall–Kier alpha value is -1.26. The van der Waals surface area contributed by atoms with Gasteiger partial charge in [-0.2, -0.15) is 0 Å². The Labute approximate surface area is 192 Å². The number of allylic oxidation sites excluding steroid dienone is 4.